The van der Waals surface area contributed by atoms with Crippen molar-refractivity contribution in [2.75, 3.05) is 0 Å². The zero-order valence-electron chi connectivity index (χ0n) is 10.7. The second-order valence-electron chi connectivity index (χ2n) is 4.65. The molecule has 0 fully saturated rings. The Morgan fingerprint density at radius 2 is 1.00 bits per heavy atom. The first-order chi connectivity index (χ1) is 7.70. The van der Waals surface area contributed by atoms with E-state index < -0.39 is 0 Å². The van der Waals surface area contributed by atoms with Gasteiger partial charge in [-0.15, -0.1) is 0 Å². The predicted molar refractivity (Wildman–Crippen MR) is 69.1 cm³/mol. The number of nitrogens with zero attached hydrogens (tertiary/aromatic N) is 2. The van der Waals surface area contributed by atoms with Crippen LogP contribution in [0.5, 0.6) is 0 Å². The standard InChI is InChI=1S/C14H24N2/c1-13(15-3)11-9-7-5-6-8-10-12-14(2)16-4/h13-14H,5-12H2,1-2H3. The Morgan fingerprint density at radius 3 is 1.31 bits per heavy atom. The molecule has 0 aliphatic heterocycles. The molecule has 0 spiro atoms. The van der Waals surface area contributed by atoms with Crippen molar-refractivity contribution in [3.63, 3.8) is 0 Å². The highest BCUT2D eigenvalue weighted by molar-refractivity contribution is 4.73. The minimum atomic E-state index is 0.208. The Labute approximate surface area is 101 Å². The maximum Gasteiger partial charge on any atom is 0.221 e. The number of unbranched alkanes of at least 4 members (excludes halogenated alkanes) is 5. The molecular weight excluding hydrogens is 196 g/mol. The van der Waals surface area contributed by atoms with Crippen LogP contribution in [0.3, 0.4) is 0 Å². The second kappa shape index (κ2) is 10.5. The molecule has 0 aromatic heterocycles. The molecule has 0 aromatic rings. The summed E-state index contributed by atoms with van der Waals surface area (Å²) in [5.41, 5.74) is 0. The van der Waals surface area contributed by atoms with Gasteiger partial charge < -0.3 is 9.69 Å². The molecule has 0 aromatic carbocycles. The zero-order chi connectivity index (χ0) is 12.2. The maximum atomic E-state index is 6.84. The fourth-order valence-corrected chi connectivity index (χ4v) is 1.72. The van der Waals surface area contributed by atoms with Crippen molar-refractivity contribution in [3.8, 4) is 0 Å². The molecule has 0 saturated heterocycles. The SMILES string of the molecule is [C-]#[N+]C(C)CCCCCCCCC(C)[N+]#[C-]. The van der Waals surface area contributed by atoms with Gasteiger partial charge in [0.15, 0.2) is 0 Å². The Kier molecular flexibility index (Phi) is 9.83. The second-order valence-corrected chi connectivity index (χ2v) is 4.65. The van der Waals surface area contributed by atoms with Gasteiger partial charge >= 0.3 is 0 Å². The summed E-state index contributed by atoms with van der Waals surface area (Å²) in [7, 11) is 0. The fraction of sp³-hybridized carbons (Fsp3) is 0.857. The third-order valence-electron chi connectivity index (χ3n) is 2.93. The fourth-order valence-electron chi connectivity index (χ4n) is 1.72. The largest absolute Gasteiger partial charge is 0.314 e. The van der Waals surface area contributed by atoms with Crippen LogP contribution >= 0.6 is 0 Å². The molecule has 0 N–H and O–H groups in total. The Bertz CT molecular complexity index is 208. The van der Waals surface area contributed by atoms with Crippen LogP contribution in [0.2, 0.25) is 0 Å². The first kappa shape index (κ1) is 15.0. The van der Waals surface area contributed by atoms with Crippen LogP contribution in [-0.4, -0.2) is 12.1 Å². The van der Waals surface area contributed by atoms with E-state index in [1.54, 1.807) is 0 Å². The first-order valence-electron chi connectivity index (χ1n) is 6.43. The molecule has 0 radical (unpaired) electrons. The lowest BCUT2D eigenvalue weighted by atomic mass is 10.0. The molecule has 2 nitrogen and oxygen atoms in total. The van der Waals surface area contributed by atoms with E-state index in [0.717, 1.165) is 12.8 Å². The van der Waals surface area contributed by atoms with Gasteiger partial charge in [-0.3, -0.25) is 0 Å². The summed E-state index contributed by atoms with van der Waals surface area (Å²) >= 11 is 0. The van der Waals surface area contributed by atoms with Crippen LogP contribution in [-0.2, 0) is 0 Å². The molecule has 90 valence electrons. The molecule has 2 atom stereocenters. The molecule has 0 rings (SSSR count). The summed E-state index contributed by atoms with van der Waals surface area (Å²) in [6.45, 7) is 17.7. The minimum absolute atomic E-state index is 0.208. The van der Waals surface area contributed by atoms with E-state index in [0.29, 0.717) is 0 Å². The predicted octanol–water partition coefficient (Wildman–Crippen LogP) is 4.72. The molecule has 0 amide bonds. The van der Waals surface area contributed by atoms with E-state index in [-0.39, 0.29) is 12.1 Å². The van der Waals surface area contributed by atoms with E-state index >= 15 is 0 Å². The number of hydrogen-bond donors (Lipinski definition) is 0. The van der Waals surface area contributed by atoms with Crippen LogP contribution < -0.4 is 0 Å². The van der Waals surface area contributed by atoms with Crippen molar-refractivity contribution in [3.05, 3.63) is 22.8 Å². The van der Waals surface area contributed by atoms with Crippen molar-refractivity contribution in [1.82, 2.24) is 0 Å². The monoisotopic (exact) mass is 220 g/mol. The summed E-state index contributed by atoms with van der Waals surface area (Å²) in [5.74, 6) is 0. The van der Waals surface area contributed by atoms with Gasteiger partial charge in [-0.25, -0.2) is 13.1 Å². The molecule has 0 aliphatic carbocycles. The van der Waals surface area contributed by atoms with Gasteiger partial charge in [0.1, 0.15) is 0 Å². The molecule has 0 saturated carbocycles. The van der Waals surface area contributed by atoms with Crippen molar-refractivity contribution in [2.45, 2.75) is 77.3 Å². The van der Waals surface area contributed by atoms with E-state index in [9.17, 15) is 0 Å². The van der Waals surface area contributed by atoms with Crippen LogP contribution in [0.25, 0.3) is 9.69 Å². The van der Waals surface area contributed by atoms with Gasteiger partial charge in [-0.1, -0.05) is 25.7 Å². The summed E-state index contributed by atoms with van der Waals surface area (Å²) in [4.78, 5) is 6.97. The quantitative estimate of drug-likeness (QED) is 0.392. The highest BCUT2D eigenvalue weighted by Gasteiger charge is 2.04. The highest BCUT2D eigenvalue weighted by Crippen LogP contribution is 2.12. The van der Waals surface area contributed by atoms with Gasteiger partial charge in [0, 0.05) is 26.7 Å². The van der Waals surface area contributed by atoms with E-state index in [4.69, 9.17) is 13.1 Å². The van der Waals surface area contributed by atoms with E-state index in [1.165, 1.54) is 38.5 Å². The van der Waals surface area contributed by atoms with Crippen LogP contribution in [0.1, 0.15) is 65.2 Å². The molecule has 16 heavy (non-hydrogen) atoms. The lowest BCUT2D eigenvalue weighted by Crippen LogP contribution is -1.95. The lowest BCUT2D eigenvalue weighted by molar-refractivity contribution is 0.551. The third kappa shape index (κ3) is 9.53. The molecule has 2 heteroatoms. The molecular formula is C14H24N2. The van der Waals surface area contributed by atoms with Crippen molar-refractivity contribution < 1.29 is 0 Å². The van der Waals surface area contributed by atoms with Crippen molar-refractivity contribution >= 4 is 0 Å². The normalized spacial score (nSPS) is 13.8. The molecule has 0 heterocycles. The topological polar surface area (TPSA) is 8.72 Å². The van der Waals surface area contributed by atoms with Crippen LogP contribution in [0.15, 0.2) is 0 Å². The van der Waals surface area contributed by atoms with Gasteiger partial charge in [-0.2, -0.15) is 0 Å². The van der Waals surface area contributed by atoms with E-state index in [2.05, 4.69) is 9.69 Å². The number of rotatable bonds is 9. The smallest absolute Gasteiger partial charge is 0.221 e. The maximum absolute atomic E-state index is 6.84. The summed E-state index contributed by atoms with van der Waals surface area (Å²) in [5, 5.41) is 0. The van der Waals surface area contributed by atoms with Crippen LogP contribution in [0, 0.1) is 13.1 Å². The summed E-state index contributed by atoms with van der Waals surface area (Å²) in [6, 6.07) is 0.416. The van der Waals surface area contributed by atoms with Gasteiger partial charge in [0.05, 0.1) is 0 Å². The van der Waals surface area contributed by atoms with Gasteiger partial charge in [0.2, 0.25) is 12.1 Å². The van der Waals surface area contributed by atoms with E-state index in [1.807, 2.05) is 13.8 Å². The highest BCUT2D eigenvalue weighted by atomic mass is 14.7. The third-order valence-corrected chi connectivity index (χ3v) is 2.93. The Hall–Kier alpha value is -1.02. The zero-order valence-corrected chi connectivity index (χ0v) is 10.7. The molecule has 0 bridgehead atoms. The average Bonchev–Trinajstić information content (AvgIpc) is 2.31. The average molecular weight is 220 g/mol. The van der Waals surface area contributed by atoms with Crippen LogP contribution in [0.4, 0.5) is 0 Å². The molecule has 0 aliphatic rings. The Balaban J connectivity index is 3.11. The Morgan fingerprint density at radius 1 is 0.688 bits per heavy atom. The van der Waals surface area contributed by atoms with Crippen molar-refractivity contribution in [1.29, 1.82) is 0 Å². The lowest BCUT2D eigenvalue weighted by Gasteiger charge is -2.02. The van der Waals surface area contributed by atoms with Gasteiger partial charge in [-0.05, 0) is 12.8 Å². The number of hydrogen-bond acceptors (Lipinski definition) is 0. The minimum Gasteiger partial charge on any atom is -0.314 e. The first-order valence-corrected chi connectivity index (χ1v) is 6.43. The van der Waals surface area contributed by atoms with Crippen molar-refractivity contribution in [2.24, 2.45) is 0 Å². The summed E-state index contributed by atoms with van der Waals surface area (Å²) < 4.78 is 0. The molecule has 2 unspecified atom stereocenters. The summed E-state index contributed by atoms with van der Waals surface area (Å²) in [6.07, 6.45) is 9.60. The van der Waals surface area contributed by atoms with Gasteiger partial charge in [0.25, 0.3) is 0 Å².